The smallest absolute Gasteiger partial charge is 0.408 e. The highest BCUT2D eigenvalue weighted by Gasteiger charge is 2.25. The summed E-state index contributed by atoms with van der Waals surface area (Å²) in [6.45, 7) is 7.57. The van der Waals surface area contributed by atoms with Crippen molar-refractivity contribution in [3.05, 3.63) is 83.7 Å². The number of hydrogen-bond donors (Lipinski definition) is 1. The number of carbonyl (C=O) groups excluding carboxylic acids is 1. The maximum absolute atomic E-state index is 12.7. The van der Waals surface area contributed by atoms with Crippen LogP contribution in [0.4, 0.5) is 4.79 Å². The molecule has 0 aliphatic rings. The number of amides is 1. The van der Waals surface area contributed by atoms with E-state index in [1.807, 2.05) is 82.3 Å². The highest BCUT2D eigenvalue weighted by Crippen LogP contribution is 2.35. The third kappa shape index (κ3) is 4.97. The monoisotopic (exact) mass is 429 g/mol. The second-order valence-corrected chi connectivity index (χ2v) is 8.84. The molecule has 6 nitrogen and oxygen atoms in total. The number of para-hydroxylation sites is 1. The van der Waals surface area contributed by atoms with Gasteiger partial charge in [0.25, 0.3) is 0 Å². The number of benzene rings is 2. The molecule has 2 aromatic heterocycles. The van der Waals surface area contributed by atoms with Gasteiger partial charge in [-0.25, -0.2) is 4.79 Å². The molecule has 2 aromatic carbocycles. The first-order valence-electron chi connectivity index (χ1n) is 10.6. The summed E-state index contributed by atoms with van der Waals surface area (Å²) in [5, 5.41) is 8.33. The van der Waals surface area contributed by atoms with Crippen LogP contribution in [0.25, 0.3) is 22.2 Å². The number of carbonyl (C=O) groups is 1. The Morgan fingerprint density at radius 1 is 1.09 bits per heavy atom. The lowest BCUT2D eigenvalue weighted by molar-refractivity contribution is 0.0503. The van der Waals surface area contributed by atoms with E-state index in [2.05, 4.69) is 21.5 Å². The molecule has 1 amide bonds. The number of alkyl carbamates (subject to hydrolysis) is 1. The Kier molecular flexibility index (Phi) is 5.95. The first kappa shape index (κ1) is 21.6. The second kappa shape index (κ2) is 8.83. The predicted molar refractivity (Wildman–Crippen MR) is 124 cm³/mol. The van der Waals surface area contributed by atoms with Gasteiger partial charge in [-0.15, -0.1) is 0 Å². The largest absolute Gasteiger partial charge is 0.444 e. The summed E-state index contributed by atoms with van der Waals surface area (Å²) in [6.07, 6.45) is 1.78. The zero-order chi connectivity index (χ0) is 22.7. The summed E-state index contributed by atoms with van der Waals surface area (Å²) in [6, 6.07) is 19.3. The van der Waals surface area contributed by atoms with E-state index < -0.39 is 11.7 Å². The van der Waals surface area contributed by atoms with Crippen molar-refractivity contribution in [2.75, 3.05) is 0 Å². The summed E-state index contributed by atoms with van der Waals surface area (Å²) in [4.78, 5) is 17.2. The number of pyridine rings is 1. The van der Waals surface area contributed by atoms with E-state index in [9.17, 15) is 4.79 Å². The van der Waals surface area contributed by atoms with E-state index in [-0.39, 0.29) is 6.04 Å². The van der Waals surface area contributed by atoms with Crippen molar-refractivity contribution in [2.24, 2.45) is 0 Å². The number of aromatic nitrogens is 2. The topological polar surface area (TPSA) is 77.2 Å². The molecule has 0 saturated heterocycles. The normalized spacial score (nSPS) is 12.5. The number of rotatable bonds is 5. The van der Waals surface area contributed by atoms with E-state index in [4.69, 9.17) is 9.26 Å². The van der Waals surface area contributed by atoms with Gasteiger partial charge >= 0.3 is 6.09 Å². The van der Waals surface area contributed by atoms with Crippen LogP contribution in [0.2, 0.25) is 0 Å². The lowest BCUT2D eigenvalue weighted by atomic mass is 9.92. The van der Waals surface area contributed by atoms with Crippen LogP contribution in [0.5, 0.6) is 0 Å². The SMILES string of the molecule is Cc1ccc([C@H](Cc2ccccn2)NC(=O)OC(C)(C)C)c(-c2noc3ccccc23)c1. The average Bonchev–Trinajstić information content (AvgIpc) is 3.17. The predicted octanol–water partition coefficient (Wildman–Crippen LogP) is 6.01. The van der Waals surface area contributed by atoms with Crippen LogP contribution < -0.4 is 5.32 Å². The van der Waals surface area contributed by atoms with Gasteiger partial charge in [-0.05, 0) is 63.6 Å². The third-order valence-electron chi connectivity index (χ3n) is 5.05. The Bertz CT molecular complexity index is 1230. The Balaban J connectivity index is 1.79. The number of ether oxygens (including phenoxy) is 1. The molecule has 0 fully saturated rings. The molecule has 0 unspecified atom stereocenters. The molecule has 164 valence electrons. The quantitative estimate of drug-likeness (QED) is 0.421. The minimum absolute atomic E-state index is 0.370. The molecular formula is C26H27N3O3. The molecule has 0 aliphatic heterocycles. The second-order valence-electron chi connectivity index (χ2n) is 8.84. The van der Waals surface area contributed by atoms with Gasteiger partial charge in [-0.3, -0.25) is 4.98 Å². The van der Waals surface area contributed by atoms with Crippen LogP contribution in [0, 0.1) is 6.92 Å². The molecule has 4 rings (SSSR count). The number of aryl methyl sites for hydroxylation is 1. The Labute approximate surface area is 187 Å². The Morgan fingerprint density at radius 2 is 1.88 bits per heavy atom. The van der Waals surface area contributed by atoms with Crippen molar-refractivity contribution in [2.45, 2.75) is 45.8 Å². The molecule has 0 saturated carbocycles. The number of hydrogen-bond acceptors (Lipinski definition) is 5. The third-order valence-corrected chi connectivity index (χ3v) is 5.05. The van der Waals surface area contributed by atoms with E-state index in [1.165, 1.54) is 0 Å². The van der Waals surface area contributed by atoms with Crippen molar-refractivity contribution >= 4 is 17.1 Å². The molecule has 1 atom stereocenters. The molecule has 6 heteroatoms. The molecule has 2 heterocycles. The van der Waals surface area contributed by atoms with Gasteiger partial charge in [0.15, 0.2) is 5.58 Å². The Hall–Kier alpha value is -3.67. The standard InChI is InChI=1S/C26H27N3O3/c1-17-12-13-19(21(15-17)24-20-10-5-6-11-23(20)32-29-24)22(16-18-9-7-8-14-27-18)28-25(30)31-26(2,3)4/h5-15,22H,16H2,1-4H3,(H,28,30)/t22-/m0/s1. The average molecular weight is 430 g/mol. The molecular weight excluding hydrogens is 402 g/mol. The van der Waals surface area contributed by atoms with Gasteiger partial charge in [-0.2, -0.15) is 0 Å². The zero-order valence-corrected chi connectivity index (χ0v) is 18.8. The van der Waals surface area contributed by atoms with Crippen molar-refractivity contribution in [3.8, 4) is 11.3 Å². The molecule has 0 radical (unpaired) electrons. The molecule has 0 aliphatic carbocycles. The molecule has 1 N–H and O–H groups in total. The maximum Gasteiger partial charge on any atom is 0.408 e. The van der Waals surface area contributed by atoms with Gasteiger partial charge in [0.1, 0.15) is 11.3 Å². The van der Waals surface area contributed by atoms with Crippen molar-refractivity contribution in [1.29, 1.82) is 0 Å². The summed E-state index contributed by atoms with van der Waals surface area (Å²) in [7, 11) is 0. The van der Waals surface area contributed by atoms with E-state index in [1.54, 1.807) is 6.20 Å². The minimum Gasteiger partial charge on any atom is -0.444 e. The summed E-state index contributed by atoms with van der Waals surface area (Å²) in [5.74, 6) is 0. The fourth-order valence-electron chi connectivity index (χ4n) is 3.68. The van der Waals surface area contributed by atoms with Crippen LogP contribution in [-0.2, 0) is 11.2 Å². The lowest BCUT2D eigenvalue weighted by Gasteiger charge is -2.25. The number of nitrogens with zero attached hydrogens (tertiary/aromatic N) is 2. The highest BCUT2D eigenvalue weighted by molar-refractivity contribution is 5.92. The van der Waals surface area contributed by atoms with Crippen LogP contribution in [0.3, 0.4) is 0 Å². The van der Waals surface area contributed by atoms with Gasteiger partial charge in [0.2, 0.25) is 0 Å². The molecule has 4 aromatic rings. The van der Waals surface area contributed by atoms with Gasteiger partial charge in [0.05, 0.1) is 6.04 Å². The summed E-state index contributed by atoms with van der Waals surface area (Å²) in [5.41, 5.74) is 4.65. The van der Waals surface area contributed by atoms with Gasteiger partial charge in [-0.1, -0.05) is 41.1 Å². The zero-order valence-electron chi connectivity index (χ0n) is 18.8. The van der Waals surface area contributed by atoms with E-state index >= 15 is 0 Å². The van der Waals surface area contributed by atoms with Crippen LogP contribution in [0.15, 0.2) is 71.4 Å². The van der Waals surface area contributed by atoms with Gasteiger partial charge < -0.3 is 14.6 Å². The molecule has 0 spiro atoms. The fraction of sp³-hybridized carbons (Fsp3) is 0.269. The lowest BCUT2D eigenvalue weighted by Crippen LogP contribution is -2.36. The molecule has 0 bridgehead atoms. The van der Waals surface area contributed by atoms with Crippen molar-refractivity contribution in [1.82, 2.24) is 15.5 Å². The van der Waals surface area contributed by atoms with Crippen LogP contribution in [-0.4, -0.2) is 21.8 Å². The van der Waals surface area contributed by atoms with Gasteiger partial charge in [0, 0.05) is 29.3 Å². The van der Waals surface area contributed by atoms with Crippen LogP contribution >= 0.6 is 0 Å². The van der Waals surface area contributed by atoms with E-state index in [0.717, 1.165) is 39.0 Å². The number of nitrogens with one attached hydrogen (secondary N) is 1. The summed E-state index contributed by atoms with van der Waals surface area (Å²) < 4.78 is 11.1. The van der Waals surface area contributed by atoms with Crippen molar-refractivity contribution in [3.63, 3.8) is 0 Å². The fourth-order valence-corrected chi connectivity index (χ4v) is 3.68. The highest BCUT2D eigenvalue weighted by atomic mass is 16.6. The molecule has 32 heavy (non-hydrogen) atoms. The minimum atomic E-state index is -0.599. The van der Waals surface area contributed by atoms with Crippen molar-refractivity contribution < 1.29 is 14.1 Å². The first-order valence-corrected chi connectivity index (χ1v) is 10.6. The first-order chi connectivity index (χ1) is 15.3. The van der Waals surface area contributed by atoms with E-state index in [0.29, 0.717) is 6.42 Å². The number of fused-ring (bicyclic) bond motifs is 1. The summed E-state index contributed by atoms with van der Waals surface area (Å²) >= 11 is 0. The maximum atomic E-state index is 12.7. The van der Waals surface area contributed by atoms with Crippen LogP contribution in [0.1, 0.15) is 43.6 Å². The Morgan fingerprint density at radius 3 is 2.62 bits per heavy atom.